The van der Waals surface area contributed by atoms with Gasteiger partial charge in [0.05, 0.1) is 12.6 Å². The van der Waals surface area contributed by atoms with Crippen molar-refractivity contribution in [3.8, 4) is 0 Å². The highest BCUT2D eigenvalue weighted by atomic mass is 32.2. The predicted molar refractivity (Wildman–Crippen MR) is 71.7 cm³/mol. The minimum atomic E-state index is -3.40. The van der Waals surface area contributed by atoms with Crippen LogP contribution in [0.2, 0.25) is 0 Å². The van der Waals surface area contributed by atoms with E-state index in [1.165, 1.54) is 0 Å². The number of nitrogens with zero attached hydrogens (tertiary/aromatic N) is 2. The highest BCUT2D eigenvalue weighted by Gasteiger charge is 2.30. The average molecular weight is 291 g/mol. The summed E-state index contributed by atoms with van der Waals surface area (Å²) in [6.07, 6.45) is 4.02. The van der Waals surface area contributed by atoms with E-state index in [0.29, 0.717) is 5.00 Å². The van der Waals surface area contributed by atoms with Crippen LogP contribution < -0.4 is 10.6 Å². The lowest BCUT2D eigenvalue weighted by Gasteiger charge is -2.35. The molecule has 2 heterocycles. The molecule has 6 nitrogen and oxygen atoms in total. The fourth-order valence-electron chi connectivity index (χ4n) is 2.27. The first-order valence-electron chi connectivity index (χ1n) is 5.78. The molecule has 1 atom stereocenters. The van der Waals surface area contributed by atoms with Crippen molar-refractivity contribution < 1.29 is 13.5 Å². The Kier molecular flexibility index (Phi) is 3.79. The fourth-order valence-corrected chi connectivity index (χ4v) is 4.57. The van der Waals surface area contributed by atoms with Crippen LogP contribution in [-0.4, -0.2) is 43.3 Å². The Hall–Kier alpha value is -0.860. The van der Waals surface area contributed by atoms with Gasteiger partial charge >= 0.3 is 0 Å². The minimum Gasteiger partial charge on any atom is -0.394 e. The molecule has 0 spiro atoms. The van der Waals surface area contributed by atoms with E-state index in [2.05, 4.69) is 4.37 Å². The molecule has 8 heteroatoms. The predicted octanol–water partition coefficient (Wildman–Crippen LogP) is 0.480. The Morgan fingerprint density at radius 3 is 2.89 bits per heavy atom. The summed E-state index contributed by atoms with van der Waals surface area (Å²) in [7, 11) is -3.40. The van der Waals surface area contributed by atoms with Gasteiger partial charge in [0.1, 0.15) is 9.90 Å². The van der Waals surface area contributed by atoms with E-state index in [9.17, 15) is 13.5 Å². The molecule has 0 bridgehead atoms. The highest BCUT2D eigenvalue weighted by Crippen LogP contribution is 2.37. The van der Waals surface area contributed by atoms with Crippen LogP contribution in [0.4, 0.5) is 10.8 Å². The van der Waals surface area contributed by atoms with Crippen molar-refractivity contribution in [2.45, 2.75) is 30.2 Å². The van der Waals surface area contributed by atoms with E-state index in [0.717, 1.165) is 43.6 Å². The molecule has 18 heavy (non-hydrogen) atoms. The van der Waals surface area contributed by atoms with E-state index in [1.807, 2.05) is 4.90 Å². The van der Waals surface area contributed by atoms with Crippen LogP contribution in [-0.2, 0) is 9.84 Å². The van der Waals surface area contributed by atoms with E-state index in [1.54, 1.807) is 0 Å². The van der Waals surface area contributed by atoms with Gasteiger partial charge < -0.3 is 15.7 Å². The fraction of sp³-hybridized carbons (Fsp3) is 0.700. The maximum absolute atomic E-state index is 11.8. The van der Waals surface area contributed by atoms with Gasteiger partial charge in [0.2, 0.25) is 0 Å². The molecule has 1 aliphatic rings. The Morgan fingerprint density at radius 2 is 2.28 bits per heavy atom. The molecule has 0 aliphatic carbocycles. The molecule has 1 fully saturated rings. The second-order valence-corrected chi connectivity index (χ2v) is 7.20. The summed E-state index contributed by atoms with van der Waals surface area (Å²) >= 11 is 1.09. The van der Waals surface area contributed by atoms with Crippen molar-refractivity contribution >= 4 is 32.2 Å². The Morgan fingerprint density at radius 1 is 1.56 bits per heavy atom. The van der Waals surface area contributed by atoms with E-state index in [-0.39, 0.29) is 23.4 Å². The van der Waals surface area contributed by atoms with Crippen LogP contribution in [0.25, 0.3) is 0 Å². The number of aliphatic hydroxyl groups is 1. The van der Waals surface area contributed by atoms with Gasteiger partial charge in [0.15, 0.2) is 15.7 Å². The molecule has 0 radical (unpaired) electrons. The summed E-state index contributed by atoms with van der Waals surface area (Å²) in [6.45, 7) is 0.746. The zero-order chi connectivity index (χ0) is 13.3. The number of aliphatic hydroxyl groups excluding tert-OH is 1. The number of sulfone groups is 1. The summed E-state index contributed by atoms with van der Waals surface area (Å²) in [6, 6.07) is -0.0425. The maximum atomic E-state index is 11.8. The van der Waals surface area contributed by atoms with Crippen molar-refractivity contribution in [2.24, 2.45) is 0 Å². The minimum absolute atomic E-state index is 0.0149. The molecule has 0 aromatic carbocycles. The summed E-state index contributed by atoms with van der Waals surface area (Å²) in [5, 5.41) is 9.95. The van der Waals surface area contributed by atoms with Crippen LogP contribution >= 0.6 is 11.5 Å². The van der Waals surface area contributed by atoms with Crippen molar-refractivity contribution in [2.75, 3.05) is 30.0 Å². The zero-order valence-electron chi connectivity index (χ0n) is 10.2. The smallest absolute Gasteiger partial charge is 0.182 e. The molecule has 0 amide bonds. The lowest BCUT2D eigenvalue weighted by molar-refractivity contribution is 0.240. The van der Waals surface area contributed by atoms with Crippen molar-refractivity contribution in [3.63, 3.8) is 0 Å². The molecule has 1 aromatic rings. The van der Waals surface area contributed by atoms with E-state index >= 15 is 0 Å². The normalized spacial score (nSPS) is 21.2. The number of hydrogen-bond donors (Lipinski definition) is 2. The molecule has 3 N–H and O–H groups in total. The van der Waals surface area contributed by atoms with E-state index in [4.69, 9.17) is 5.73 Å². The third kappa shape index (κ3) is 2.45. The average Bonchev–Trinajstić information content (AvgIpc) is 2.70. The molecular formula is C10H17N3O3S2. The third-order valence-corrected chi connectivity index (χ3v) is 5.30. The van der Waals surface area contributed by atoms with Crippen LogP contribution in [0.3, 0.4) is 0 Å². The van der Waals surface area contributed by atoms with Crippen molar-refractivity contribution in [3.05, 3.63) is 0 Å². The number of rotatable bonds is 3. The second kappa shape index (κ2) is 5.02. The van der Waals surface area contributed by atoms with Gasteiger partial charge in [-0.05, 0) is 30.8 Å². The first kappa shape index (κ1) is 13.6. The summed E-state index contributed by atoms with van der Waals surface area (Å²) in [5.41, 5.74) is 5.65. The number of hydrogen-bond acceptors (Lipinski definition) is 7. The Labute approximate surface area is 111 Å². The Balaban J connectivity index is 2.44. The largest absolute Gasteiger partial charge is 0.394 e. The number of nitrogens with two attached hydrogens (primary N) is 1. The third-order valence-electron chi connectivity index (χ3n) is 3.13. The van der Waals surface area contributed by atoms with Crippen LogP contribution in [0.1, 0.15) is 19.3 Å². The lowest BCUT2D eigenvalue weighted by Crippen LogP contribution is -2.42. The quantitative estimate of drug-likeness (QED) is 0.841. The zero-order valence-corrected chi connectivity index (χ0v) is 11.8. The van der Waals surface area contributed by atoms with Crippen LogP contribution in [0.5, 0.6) is 0 Å². The van der Waals surface area contributed by atoms with Crippen molar-refractivity contribution in [1.82, 2.24) is 4.37 Å². The van der Waals surface area contributed by atoms with Gasteiger partial charge in [-0.25, -0.2) is 8.42 Å². The molecule has 102 valence electrons. The van der Waals surface area contributed by atoms with Gasteiger partial charge in [-0.2, -0.15) is 4.37 Å². The molecule has 1 unspecified atom stereocenters. The van der Waals surface area contributed by atoms with Gasteiger partial charge in [0, 0.05) is 12.8 Å². The Bertz CT molecular complexity index is 526. The molecule has 1 saturated heterocycles. The number of piperidine rings is 1. The number of aromatic nitrogens is 1. The highest BCUT2D eigenvalue weighted by molar-refractivity contribution is 7.91. The van der Waals surface area contributed by atoms with Gasteiger partial charge in [-0.3, -0.25) is 0 Å². The van der Waals surface area contributed by atoms with Crippen LogP contribution in [0.15, 0.2) is 4.90 Å². The number of nitrogen functional groups attached to an aromatic ring is 1. The molecular weight excluding hydrogens is 274 g/mol. The van der Waals surface area contributed by atoms with E-state index < -0.39 is 9.84 Å². The number of anilines is 2. The van der Waals surface area contributed by atoms with Gasteiger partial charge in [-0.15, -0.1) is 0 Å². The van der Waals surface area contributed by atoms with Gasteiger partial charge in [-0.1, -0.05) is 0 Å². The second-order valence-electron chi connectivity index (χ2n) is 4.50. The van der Waals surface area contributed by atoms with Crippen molar-refractivity contribution in [1.29, 1.82) is 0 Å². The van der Waals surface area contributed by atoms with Crippen LogP contribution in [0, 0.1) is 0 Å². The summed E-state index contributed by atoms with van der Waals surface area (Å²) in [4.78, 5) is 2.03. The first-order valence-corrected chi connectivity index (χ1v) is 8.44. The maximum Gasteiger partial charge on any atom is 0.182 e. The lowest BCUT2D eigenvalue weighted by atomic mass is 10.0. The molecule has 1 aromatic heterocycles. The van der Waals surface area contributed by atoms with Gasteiger partial charge in [0.25, 0.3) is 0 Å². The first-order chi connectivity index (χ1) is 8.45. The molecule has 2 rings (SSSR count). The summed E-state index contributed by atoms with van der Waals surface area (Å²) in [5.74, 6) is 0.0553. The topological polar surface area (TPSA) is 96.5 Å². The SMILES string of the molecule is CS(=O)(=O)c1c(N)nsc1N1CCCCC1CO. The molecule has 0 saturated carbocycles. The summed E-state index contributed by atoms with van der Waals surface area (Å²) < 4.78 is 27.5. The monoisotopic (exact) mass is 291 g/mol. The standard InChI is InChI=1S/C10H17N3O3S2/c1-18(15,16)8-9(11)12-17-10(8)13-5-3-2-4-7(13)6-14/h7,14H,2-6H2,1H3,(H2,11,12). The molecule has 1 aliphatic heterocycles.